The lowest BCUT2D eigenvalue weighted by molar-refractivity contribution is 0.399. The first-order chi connectivity index (χ1) is 14.3. The van der Waals surface area contributed by atoms with Gasteiger partial charge in [-0.15, -0.1) is 0 Å². The smallest absolute Gasteiger partial charge is 0.130 e. The number of methoxy groups -OCH3 is 2. The molecular formula is C26H35O2P. The van der Waals surface area contributed by atoms with E-state index in [9.17, 15) is 0 Å². The fraction of sp³-hybridized carbons (Fsp3) is 0.538. The van der Waals surface area contributed by atoms with Crippen LogP contribution in [0.15, 0.2) is 48.5 Å². The van der Waals surface area contributed by atoms with Gasteiger partial charge >= 0.3 is 0 Å². The topological polar surface area (TPSA) is 18.5 Å². The van der Waals surface area contributed by atoms with Crippen molar-refractivity contribution in [3.63, 3.8) is 0 Å². The summed E-state index contributed by atoms with van der Waals surface area (Å²) < 4.78 is 11.9. The van der Waals surface area contributed by atoms with Gasteiger partial charge in [-0.1, -0.05) is 76.4 Å². The van der Waals surface area contributed by atoms with Crippen LogP contribution in [0, 0.1) is 0 Å². The van der Waals surface area contributed by atoms with Gasteiger partial charge < -0.3 is 9.47 Å². The van der Waals surface area contributed by atoms with Gasteiger partial charge in [0.05, 0.1) is 19.5 Å². The molecule has 3 heteroatoms. The van der Waals surface area contributed by atoms with Crippen molar-refractivity contribution in [3.05, 3.63) is 54.1 Å². The molecule has 2 saturated carbocycles. The molecule has 0 spiro atoms. The van der Waals surface area contributed by atoms with Crippen LogP contribution in [-0.4, -0.2) is 25.5 Å². The van der Waals surface area contributed by atoms with Crippen molar-refractivity contribution in [2.45, 2.75) is 75.0 Å². The molecule has 156 valence electrons. The molecule has 0 radical (unpaired) electrons. The van der Waals surface area contributed by atoms with E-state index in [0.717, 1.165) is 22.8 Å². The van der Waals surface area contributed by atoms with Crippen LogP contribution >= 0.6 is 7.92 Å². The molecule has 2 aliphatic rings. The van der Waals surface area contributed by atoms with Crippen molar-refractivity contribution in [1.29, 1.82) is 0 Å². The van der Waals surface area contributed by atoms with Crippen LogP contribution in [0.4, 0.5) is 0 Å². The fourth-order valence-corrected chi connectivity index (χ4v) is 9.77. The normalized spacial score (nSPS) is 24.1. The Morgan fingerprint density at radius 1 is 0.690 bits per heavy atom. The van der Waals surface area contributed by atoms with E-state index < -0.39 is 0 Å². The van der Waals surface area contributed by atoms with Crippen molar-refractivity contribution in [2.75, 3.05) is 14.2 Å². The van der Waals surface area contributed by atoms with Crippen LogP contribution in [0.1, 0.15) is 69.3 Å². The second kappa shape index (κ2) is 9.98. The van der Waals surface area contributed by atoms with E-state index in [-0.39, 0.29) is 7.92 Å². The average Bonchev–Trinajstić information content (AvgIpc) is 2.81. The summed E-state index contributed by atoms with van der Waals surface area (Å²) in [5.74, 6) is 2.74. The Morgan fingerprint density at radius 2 is 1.31 bits per heavy atom. The van der Waals surface area contributed by atoms with Gasteiger partial charge in [0.2, 0.25) is 0 Å². The van der Waals surface area contributed by atoms with Crippen molar-refractivity contribution in [2.24, 2.45) is 0 Å². The lowest BCUT2D eigenvalue weighted by Gasteiger charge is -2.43. The number of rotatable bonds is 6. The quantitative estimate of drug-likeness (QED) is 0.484. The number of benzene rings is 2. The van der Waals surface area contributed by atoms with Crippen LogP contribution < -0.4 is 14.8 Å². The summed E-state index contributed by atoms with van der Waals surface area (Å²) in [6, 6.07) is 17.7. The molecule has 2 aromatic carbocycles. The van der Waals surface area contributed by atoms with Crippen LogP contribution in [0.5, 0.6) is 11.5 Å². The maximum atomic E-state index is 5.93. The molecule has 0 amide bonds. The lowest BCUT2D eigenvalue weighted by atomic mass is 9.83. The monoisotopic (exact) mass is 410 g/mol. The molecular weight excluding hydrogens is 375 g/mol. The number of hydrogen-bond acceptors (Lipinski definition) is 2. The minimum absolute atomic E-state index is 0.358. The standard InChI is InChI=1S/C26H35O2P/c1-27-23-17-11-18-24(28-2)26(23)29(21-14-7-4-8-15-21)25-19-10-9-16-22(25)20-12-5-3-6-13-20/h3,5-6,11-13,17-18,21-22,25H,4,7-10,14-16,19H2,1-2H3. The molecule has 2 nitrogen and oxygen atoms in total. The second-order valence-corrected chi connectivity index (χ2v) is 11.2. The van der Waals surface area contributed by atoms with E-state index >= 15 is 0 Å². The summed E-state index contributed by atoms with van der Waals surface area (Å²) in [5.41, 5.74) is 3.04. The van der Waals surface area contributed by atoms with Crippen LogP contribution in [0.3, 0.4) is 0 Å². The second-order valence-electron chi connectivity index (χ2n) is 8.58. The average molecular weight is 411 g/mol. The van der Waals surface area contributed by atoms with Gasteiger partial charge in [0.1, 0.15) is 11.5 Å². The van der Waals surface area contributed by atoms with Gasteiger partial charge in [-0.05, 0) is 60.6 Å². The Morgan fingerprint density at radius 3 is 1.97 bits per heavy atom. The zero-order valence-corrected chi connectivity index (χ0v) is 18.9. The molecule has 3 atom stereocenters. The van der Waals surface area contributed by atoms with Gasteiger partial charge in [-0.2, -0.15) is 0 Å². The van der Waals surface area contributed by atoms with E-state index in [2.05, 4.69) is 48.5 Å². The van der Waals surface area contributed by atoms with Gasteiger partial charge in [-0.25, -0.2) is 0 Å². The SMILES string of the molecule is COc1cccc(OC)c1P(C1CCCCC1)C1CCCCC1c1ccccc1. The van der Waals surface area contributed by atoms with E-state index in [1.165, 1.54) is 68.7 Å². The predicted octanol–water partition coefficient (Wildman–Crippen LogP) is 6.87. The molecule has 2 fully saturated rings. The highest BCUT2D eigenvalue weighted by Crippen LogP contribution is 2.60. The molecule has 29 heavy (non-hydrogen) atoms. The third-order valence-corrected chi connectivity index (χ3v) is 10.5. The van der Waals surface area contributed by atoms with Gasteiger partial charge in [0, 0.05) is 0 Å². The zero-order chi connectivity index (χ0) is 20.1. The van der Waals surface area contributed by atoms with Crippen molar-refractivity contribution in [1.82, 2.24) is 0 Å². The highest BCUT2D eigenvalue weighted by molar-refractivity contribution is 7.67. The number of ether oxygens (including phenoxy) is 2. The predicted molar refractivity (Wildman–Crippen MR) is 124 cm³/mol. The molecule has 3 unspecified atom stereocenters. The Balaban J connectivity index is 1.80. The van der Waals surface area contributed by atoms with E-state index in [4.69, 9.17) is 9.47 Å². The van der Waals surface area contributed by atoms with Gasteiger partial charge in [-0.3, -0.25) is 0 Å². The lowest BCUT2D eigenvalue weighted by Crippen LogP contribution is -2.32. The first-order valence-corrected chi connectivity index (χ1v) is 12.9. The largest absolute Gasteiger partial charge is 0.496 e. The molecule has 2 aliphatic carbocycles. The number of hydrogen-bond donors (Lipinski definition) is 0. The Hall–Kier alpha value is -1.53. The molecule has 0 N–H and O–H groups in total. The third kappa shape index (κ3) is 4.48. The highest BCUT2D eigenvalue weighted by atomic mass is 31.1. The highest BCUT2D eigenvalue weighted by Gasteiger charge is 2.40. The molecule has 0 heterocycles. The summed E-state index contributed by atoms with van der Waals surface area (Å²) in [6.45, 7) is 0. The van der Waals surface area contributed by atoms with E-state index in [1.54, 1.807) is 0 Å². The summed E-state index contributed by atoms with van der Waals surface area (Å²) in [6.07, 6.45) is 12.3. The van der Waals surface area contributed by atoms with Crippen molar-refractivity contribution < 1.29 is 9.47 Å². The summed E-state index contributed by atoms with van der Waals surface area (Å²) in [7, 11) is 3.28. The maximum Gasteiger partial charge on any atom is 0.130 e. The van der Waals surface area contributed by atoms with Gasteiger partial charge in [0.15, 0.2) is 0 Å². The van der Waals surface area contributed by atoms with E-state index in [0.29, 0.717) is 5.92 Å². The van der Waals surface area contributed by atoms with Crippen LogP contribution in [-0.2, 0) is 0 Å². The van der Waals surface area contributed by atoms with Gasteiger partial charge in [0.25, 0.3) is 0 Å². The fourth-order valence-electron chi connectivity index (χ4n) is 5.60. The first kappa shape index (κ1) is 20.7. The molecule has 0 saturated heterocycles. The minimum atomic E-state index is -0.358. The summed E-state index contributed by atoms with van der Waals surface area (Å²) in [4.78, 5) is 0. The molecule has 0 aliphatic heterocycles. The first-order valence-electron chi connectivity index (χ1n) is 11.4. The molecule has 4 rings (SSSR count). The Bertz CT molecular complexity index is 747. The van der Waals surface area contributed by atoms with Crippen LogP contribution in [0.2, 0.25) is 0 Å². The summed E-state index contributed by atoms with van der Waals surface area (Å²) in [5, 5.41) is 1.40. The molecule has 0 bridgehead atoms. The van der Waals surface area contributed by atoms with E-state index in [1.807, 2.05) is 14.2 Å². The molecule has 2 aromatic rings. The minimum Gasteiger partial charge on any atom is -0.496 e. The Kier molecular flexibility index (Phi) is 7.14. The van der Waals surface area contributed by atoms with Crippen LogP contribution in [0.25, 0.3) is 0 Å². The van der Waals surface area contributed by atoms with Crippen molar-refractivity contribution in [3.8, 4) is 11.5 Å². The third-order valence-electron chi connectivity index (χ3n) is 6.94. The Labute approximate surface area is 177 Å². The summed E-state index contributed by atoms with van der Waals surface area (Å²) >= 11 is 0. The maximum absolute atomic E-state index is 5.93. The zero-order valence-electron chi connectivity index (χ0n) is 18.0. The van der Waals surface area contributed by atoms with Crippen molar-refractivity contribution >= 4 is 13.2 Å². The molecule has 0 aromatic heterocycles.